The second-order valence-electron chi connectivity index (χ2n) is 7.90. The van der Waals surface area contributed by atoms with Crippen LogP contribution in [-0.4, -0.2) is 26.9 Å². The maximum absolute atomic E-state index is 12.5. The van der Waals surface area contributed by atoms with E-state index in [1.165, 1.54) is 11.1 Å². The third-order valence-corrected chi connectivity index (χ3v) is 5.96. The molecule has 2 N–H and O–H groups in total. The van der Waals surface area contributed by atoms with Crippen molar-refractivity contribution >= 4 is 17.3 Å². The fraction of sp³-hybridized carbons (Fsp3) is 0.148. The van der Waals surface area contributed by atoms with Gasteiger partial charge in [0.15, 0.2) is 0 Å². The number of aromatic hydroxyl groups is 1. The van der Waals surface area contributed by atoms with Crippen LogP contribution in [0.4, 0.5) is 0 Å². The summed E-state index contributed by atoms with van der Waals surface area (Å²) >= 11 is 5.93. The summed E-state index contributed by atoms with van der Waals surface area (Å²) in [5.74, 6) is -0.325. The zero-order valence-electron chi connectivity index (χ0n) is 18.6. The standard InChI is InChI=1S/C27H24ClN3O3/c1-18(24-25(32)30-27(34)31(26(24)33)22-14-12-21(28)13-15-22)29-17-16-23(19-8-4-2-5-9-19)20-10-6-3-7-11-20/h2-15,23,33H,16-17H2,1H3,(H,30,32,34). The van der Waals surface area contributed by atoms with E-state index in [1.807, 2.05) is 36.4 Å². The molecule has 0 aliphatic heterocycles. The SMILES string of the molecule is CC(=NCCC(c1ccccc1)c1ccccc1)c1c(O)n(-c2ccc(Cl)cc2)c(=O)[nH]c1=O. The van der Waals surface area contributed by atoms with Gasteiger partial charge in [-0.15, -0.1) is 0 Å². The topological polar surface area (TPSA) is 87.4 Å². The minimum absolute atomic E-state index is 0.0366. The number of nitrogens with zero attached hydrogens (tertiary/aromatic N) is 2. The molecule has 34 heavy (non-hydrogen) atoms. The highest BCUT2D eigenvalue weighted by Crippen LogP contribution is 2.28. The van der Waals surface area contributed by atoms with Gasteiger partial charge in [-0.2, -0.15) is 0 Å². The Balaban J connectivity index is 1.64. The average Bonchev–Trinajstić information content (AvgIpc) is 2.84. The number of aromatic nitrogens is 2. The maximum atomic E-state index is 12.5. The highest BCUT2D eigenvalue weighted by atomic mass is 35.5. The van der Waals surface area contributed by atoms with Crippen LogP contribution in [0.1, 0.15) is 36.0 Å². The molecule has 172 valence electrons. The summed E-state index contributed by atoms with van der Waals surface area (Å²) in [6, 6.07) is 26.7. The molecule has 7 heteroatoms. The van der Waals surface area contributed by atoms with Gasteiger partial charge in [-0.05, 0) is 48.7 Å². The number of halogens is 1. The third kappa shape index (κ3) is 5.02. The fourth-order valence-electron chi connectivity index (χ4n) is 4.02. The lowest BCUT2D eigenvalue weighted by molar-refractivity contribution is 0.429. The van der Waals surface area contributed by atoms with E-state index in [9.17, 15) is 14.7 Å². The molecule has 1 aromatic heterocycles. The molecule has 0 radical (unpaired) electrons. The Bertz CT molecular complexity index is 1370. The first-order valence-corrected chi connectivity index (χ1v) is 11.3. The van der Waals surface area contributed by atoms with E-state index in [4.69, 9.17) is 11.6 Å². The molecule has 0 saturated carbocycles. The monoisotopic (exact) mass is 473 g/mol. The molecule has 0 saturated heterocycles. The van der Waals surface area contributed by atoms with Crippen LogP contribution in [0.5, 0.6) is 5.88 Å². The maximum Gasteiger partial charge on any atom is 0.335 e. The minimum atomic E-state index is -0.741. The summed E-state index contributed by atoms with van der Waals surface area (Å²) in [6.07, 6.45) is 0.709. The zero-order chi connectivity index (χ0) is 24.1. The van der Waals surface area contributed by atoms with Gasteiger partial charge in [0.25, 0.3) is 5.56 Å². The first-order valence-electron chi connectivity index (χ1n) is 10.9. The van der Waals surface area contributed by atoms with Crippen LogP contribution in [0.25, 0.3) is 5.69 Å². The Hall–Kier alpha value is -3.90. The van der Waals surface area contributed by atoms with Crippen molar-refractivity contribution < 1.29 is 5.11 Å². The van der Waals surface area contributed by atoms with Crippen molar-refractivity contribution in [2.75, 3.05) is 6.54 Å². The number of aliphatic imine (C=N–C) groups is 1. The van der Waals surface area contributed by atoms with Crippen molar-refractivity contribution in [3.8, 4) is 11.6 Å². The van der Waals surface area contributed by atoms with Gasteiger partial charge in [0.05, 0.1) is 5.69 Å². The lowest BCUT2D eigenvalue weighted by atomic mass is 9.88. The molecule has 0 bridgehead atoms. The van der Waals surface area contributed by atoms with E-state index in [1.54, 1.807) is 31.2 Å². The van der Waals surface area contributed by atoms with Crippen LogP contribution < -0.4 is 11.2 Å². The highest BCUT2D eigenvalue weighted by molar-refractivity contribution is 6.30. The van der Waals surface area contributed by atoms with Gasteiger partial charge >= 0.3 is 5.69 Å². The minimum Gasteiger partial charge on any atom is -0.493 e. The van der Waals surface area contributed by atoms with Crippen molar-refractivity contribution in [1.82, 2.24) is 9.55 Å². The van der Waals surface area contributed by atoms with Gasteiger partial charge in [0.1, 0.15) is 5.56 Å². The Morgan fingerprint density at radius 1 is 0.941 bits per heavy atom. The van der Waals surface area contributed by atoms with Gasteiger partial charge in [0, 0.05) is 23.2 Å². The number of aromatic amines is 1. The van der Waals surface area contributed by atoms with Gasteiger partial charge in [0.2, 0.25) is 5.88 Å². The highest BCUT2D eigenvalue weighted by Gasteiger charge is 2.18. The average molecular weight is 474 g/mol. The molecule has 0 fully saturated rings. The van der Waals surface area contributed by atoms with Crippen molar-refractivity contribution in [2.45, 2.75) is 19.3 Å². The summed E-state index contributed by atoms with van der Waals surface area (Å²) < 4.78 is 1.03. The molecular weight excluding hydrogens is 450 g/mol. The summed E-state index contributed by atoms with van der Waals surface area (Å²) in [5, 5.41) is 11.3. The van der Waals surface area contributed by atoms with Gasteiger partial charge in [-0.1, -0.05) is 72.3 Å². The number of hydrogen-bond donors (Lipinski definition) is 2. The van der Waals surface area contributed by atoms with Crippen LogP contribution in [0.3, 0.4) is 0 Å². The lowest BCUT2D eigenvalue weighted by Crippen LogP contribution is -2.32. The molecule has 0 unspecified atom stereocenters. The lowest BCUT2D eigenvalue weighted by Gasteiger charge is -2.17. The molecule has 3 aromatic carbocycles. The van der Waals surface area contributed by atoms with Crippen LogP contribution in [-0.2, 0) is 0 Å². The predicted octanol–water partition coefficient (Wildman–Crippen LogP) is 4.92. The van der Waals surface area contributed by atoms with Gasteiger partial charge in [-0.25, -0.2) is 9.36 Å². The van der Waals surface area contributed by atoms with E-state index >= 15 is 0 Å². The van der Waals surface area contributed by atoms with Crippen molar-refractivity contribution in [3.63, 3.8) is 0 Å². The molecule has 1 heterocycles. The summed E-state index contributed by atoms with van der Waals surface area (Å²) in [7, 11) is 0. The van der Waals surface area contributed by atoms with Crippen LogP contribution >= 0.6 is 11.6 Å². The number of hydrogen-bond acceptors (Lipinski definition) is 4. The molecular formula is C27H24ClN3O3. The number of rotatable bonds is 7. The van der Waals surface area contributed by atoms with Crippen molar-refractivity contribution in [3.05, 3.63) is 127 Å². The molecule has 0 amide bonds. The van der Waals surface area contributed by atoms with E-state index in [-0.39, 0.29) is 11.5 Å². The largest absolute Gasteiger partial charge is 0.493 e. The molecule has 0 aliphatic carbocycles. The van der Waals surface area contributed by atoms with Crippen LogP contribution in [0.15, 0.2) is 99.5 Å². The predicted molar refractivity (Wildman–Crippen MR) is 136 cm³/mol. The fourth-order valence-corrected chi connectivity index (χ4v) is 4.14. The normalized spacial score (nSPS) is 11.7. The molecule has 0 spiro atoms. The Kier molecular flexibility index (Phi) is 7.09. The summed E-state index contributed by atoms with van der Waals surface area (Å²) in [4.78, 5) is 31.8. The number of benzene rings is 3. The third-order valence-electron chi connectivity index (χ3n) is 5.70. The van der Waals surface area contributed by atoms with Crippen LogP contribution in [0, 0.1) is 0 Å². The van der Waals surface area contributed by atoms with E-state index in [0.29, 0.717) is 29.4 Å². The Morgan fingerprint density at radius 3 is 2.06 bits per heavy atom. The zero-order valence-corrected chi connectivity index (χ0v) is 19.4. The number of H-pyrrole nitrogens is 1. The smallest absolute Gasteiger partial charge is 0.335 e. The molecule has 6 nitrogen and oxygen atoms in total. The number of nitrogens with one attached hydrogen (secondary N) is 1. The molecule has 0 atom stereocenters. The second-order valence-corrected chi connectivity index (χ2v) is 8.34. The van der Waals surface area contributed by atoms with E-state index in [0.717, 1.165) is 4.57 Å². The van der Waals surface area contributed by atoms with Crippen molar-refractivity contribution in [1.29, 1.82) is 0 Å². The quantitative estimate of drug-likeness (QED) is 0.373. The molecule has 4 rings (SSSR count). The Labute approximate surface area is 201 Å². The molecule has 0 aliphatic rings. The van der Waals surface area contributed by atoms with Crippen LogP contribution in [0.2, 0.25) is 5.02 Å². The molecule has 4 aromatic rings. The van der Waals surface area contributed by atoms with E-state index < -0.39 is 17.1 Å². The first-order chi connectivity index (χ1) is 16.5. The first kappa shape index (κ1) is 23.3. The van der Waals surface area contributed by atoms with E-state index in [2.05, 4.69) is 34.2 Å². The van der Waals surface area contributed by atoms with Gasteiger partial charge in [-0.3, -0.25) is 14.8 Å². The second kappa shape index (κ2) is 10.4. The van der Waals surface area contributed by atoms with Crippen molar-refractivity contribution in [2.24, 2.45) is 4.99 Å². The Morgan fingerprint density at radius 2 is 1.50 bits per heavy atom. The van der Waals surface area contributed by atoms with Gasteiger partial charge < -0.3 is 5.11 Å². The summed E-state index contributed by atoms with van der Waals surface area (Å²) in [5.41, 5.74) is 1.63. The summed E-state index contributed by atoms with van der Waals surface area (Å²) in [6.45, 7) is 2.08.